The number of cyclic esters (lactones) is 1. The normalized spacial score (nSPS) is 41.0. The topological polar surface area (TPSA) is 286 Å². The summed E-state index contributed by atoms with van der Waals surface area (Å²) in [6, 6.07) is -2.38. The fourth-order valence-corrected chi connectivity index (χ4v) is 11.4. The molecule has 0 aromatic heterocycles. The number of hydrogen-bond acceptors (Lipinski definition) is 16. The number of carboxylic acids is 2. The average molecular weight is 761 g/mol. The van der Waals surface area contributed by atoms with E-state index in [1.165, 1.54) is 6.08 Å². The summed E-state index contributed by atoms with van der Waals surface area (Å²) in [5.41, 5.74) is 5.14. The molecule has 0 aromatic carbocycles. The Hall–Kier alpha value is -2.45. The highest BCUT2D eigenvalue weighted by Crippen LogP contribution is 2.71. The lowest BCUT2D eigenvalue weighted by molar-refractivity contribution is -0.320. The SMILES string of the molecule is CC12C[C@@H](OC(=O)CSCC(N)C(=O)O)C3C(CCC4(O)CC(OC(=O)CSCC(N)C(=O)O)CC(O)C34CO)C1(O)CCC2C1C=CC(=O)O1. The molecule has 0 spiro atoms. The van der Waals surface area contributed by atoms with E-state index in [2.05, 4.69) is 0 Å². The molecule has 0 amide bonds. The van der Waals surface area contributed by atoms with Crippen LogP contribution >= 0.6 is 23.5 Å². The van der Waals surface area contributed by atoms with E-state index in [1.54, 1.807) is 6.08 Å². The summed E-state index contributed by atoms with van der Waals surface area (Å²) < 4.78 is 17.3. The summed E-state index contributed by atoms with van der Waals surface area (Å²) >= 11 is 1.93. The summed E-state index contributed by atoms with van der Waals surface area (Å²) in [5.74, 6) is -6.93. The van der Waals surface area contributed by atoms with Crippen LogP contribution in [0.5, 0.6) is 0 Å². The van der Waals surface area contributed by atoms with Gasteiger partial charge < -0.3 is 56.3 Å². The zero-order valence-electron chi connectivity index (χ0n) is 28.3. The Balaban J connectivity index is 1.43. The van der Waals surface area contributed by atoms with Crippen LogP contribution in [0.2, 0.25) is 0 Å². The molecule has 10 N–H and O–H groups in total. The second-order valence-corrected chi connectivity index (χ2v) is 16.9. The van der Waals surface area contributed by atoms with Gasteiger partial charge in [0, 0.05) is 47.7 Å². The fourth-order valence-electron chi connectivity index (χ4n) is 9.92. The van der Waals surface area contributed by atoms with Gasteiger partial charge >= 0.3 is 29.8 Å². The predicted octanol–water partition coefficient (Wildman–Crippen LogP) is -0.976. The van der Waals surface area contributed by atoms with Crippen molar-refractivity contribution in [3.63, 3.8) is 0 Å². The molecule has 0 bridgehead atoms. The first-order chi connectivity index (χ1) is 23.9. The Morgan fingerprint density at radius 2 is 1.55 bits per heavy atom. The first-order valence-corrected chi connectivity index (χ1v) is 19.4. The van der Waals surface area contributed by atoms with E-state index >= 15 is 0 Å². The lowest BCUT2D eigenvalue weighted by Gasteiger charge is -2.68. The van der Waals surface area contributed by atoms with Gasteiger partial charge in [0.1, 0.15) is 30.4 Å². The maximum atomic E-state index is 13.4. The fraction of sp³-hybridized carbons (Fsp3) is 0.788. The van der Waals surface area contributed by atoms with E-state index in [9.17, 15) is 44.4 Å². The number of rotatable bonds is 14. The third-order valence-electron chi connectivity index (χ3n) is 12.3. The van der Waals surface area contributed by atoms with Crippen LogP contribution in [0.4, 0.5) is 0 Å². The summed E-state index contributed by atoms with van der Waals surface area (Å²) in [6.45, 7) is 1.12. The number of carbonyl (C=O) groups is 5. The van der Waals surface area contributed by atoms with Crippen molar-refractivity contribution in [3.8, 4) is 0 Å². The van der Waals surface area contributed by atoms with Crippen LogP contribution in [0, 0.1) is 28.6 Å². The van der Waals surface area contributed by atoms with Crippen molar-refractivity contribution in [2.75, 3.05) is 29.6 Å². The molecule has 4 saturated carbocycles. The minimum atomic E-state index is -1.83. The van der Waals surface area contributed by atoms with Crippen molar-refractivity contribution < 1.29 is 68.8 Å². The monoisotopic (exact) mass is 760 g/mol. The Morgan fingerprint density at radius 1 is 0.961 bits per heavy atom. The summed E-state index contributed by atoms with van der Waals surface area (Å²) in [4.78, 5) is 60.3. The molecule has 16 nitrogen and oxygen atoms in total. The van der Waals surface area contributed by atoms with Gasteiger partial charge in [-0.05, 0) is 44.1 Å². The number of thioether (sulfide) groups is 2. The van der Waals surface area contributed by atoms with E-state index in [0.717, 1.165) is 23.5 Å². The number of fused-ring (bicyclic) bond motifs is 5. The van der Waals surface area contributed by atoms with Crippen LogP contribution in [-0.2, 0) is 38.2 Å². The molecule has 5 rings (SSSR count). The van der Waals surface area contributed by atoms with Crippen molar-refractivity contribution in [2.24, 2.45) is 40.1 Å². The van der Waals surface area contributed by atoms with Gasteiger partial charge in [-0.25, -0.2) is 4.79 Å². The van der Waals surface area contributed by atoms with E-state index in [1.807, 2.05) is 6.92 Å². The molecule has 0 aromatic rings. The molecule has 4 fully saturated rings. The first kappa shape index (κ1) is 39.8. The van der Waals surface area contributed by atoms with Crippen LogP contribution in [0.3, 0.4) is 0 Å². The van der Waals surface area contributed by atoms with Crippen LogP contribution in [-0.4, -0.2) is 138 Å². The molecule has 1 aliphatic heterocycles. The largest absolute Gasteiger partial charge is 0.480 e. The van der Waals surface area contributed by atoms with Crippen molar-refractivity contribution in [1.82, 2.24) is 0 Å². The van der Waals surface area contributed by atoms with Crippen LogP contribution in [0.25, 0.3) is 0 Å². The maximum Gasteiger partial charge on any atom is 0.331 e. The zero-order valence-corrected chi connectivity index (χ0v) is 29.9. The van der Waals surface area contributed by atoms with Crippen LogP contribution < -0.4 is 11.5 Å². The molecular formula is C33H48N2O14S2. The molecule has 12 unspecified atom stereocenters. The van der Waals surface area contributed by atoms with Gasteiger partial charge in [-0.15, -0.1) is 23.5 Å². The van der Waals surface area contributed by atoms with Crippen molar-refractivity contribution in [3.05, 3.63) is 12.2 Å². The second kappa shape index (κ2) is 15.1. The number of aliphatic carboxylic acids is 2. The molecule has 51 heavy (non-hydrogen) atoms. The quantitative estimate of drug-likeness (QED) is 0.0780. The number of esters is 3. The minimum Gasteiger partial charge on any atom is -0.480 e. The Bertz CT molecular complexity index is 1420. The highest BCUT2D eigenvalue weighted by atomic mass is 32.2. The number of aliphatic hydroxyl groups excluding tert-OH is 2. The average Bonchev–Trinajstić information content (AvgIpc) is 3.59. The third kappa shape index (κ3) is 7.14. The van der Waals surface area contributed by atoms with Gasteiger partial charge in [-0.1, -0.05) is 6.92 Å². The number of carbonyl (C=O) groups excluding carboxylic acids is 3. The molecular weight excluding hydrogens is 712 g/mol. The van der Waals surface area contributed by atoms with E-state index in [-0.39, 0.29) is 61.0 Å². The molecule has 0 saturated heterocycles. The summed E-state index contributed by atoms with van der Waals surface area (Å²) in [7, 11) is 0. The van der Waals surface area contributed by atoms with E-state index in [4.69, 9.17) is 35.9 Å². The maximum absolute atomic E-state index is 13.4. The molecule has 1 heterocycles. The first-order valence-electron chi connectivity index (χ1n) is 17.1. The number of carboxylic acid groups (broad SMARTS) is 2. The van der Waals surface area contributed by atoms with Crippen LogP contribution in [0.15, 0.2) is 12.2 Å². The van der Waals surface area contributed by atoms with Gasteiger partial charge in [-0.2, -0.15) is 0 Å². The lowest BCUT2D eigenvalue weighted by Crippen LogP contribution is -2.76. The second-order valence-electron chi connectivity index (χ2n) is 14.9. The summed E-state index contributed by atoms with van der Waals surface area (Å²) in [5, 5.41) is 66.4. The number of aliphatic hydroxyl groups is 4. The van der Waals surface area contributed by atoms with Crippen molar-refractivity contribution >= 4 is 53.4 Å². The Labute approximate surface area is 303 Å². The van der Waals surface area contributed by atoms with E-state index < -0.39 is 107 Å². The van der Waals surface area contributed by atoms with Crippen LogP contribution in [0.1, 0.15) is 51.9 Å². The number of ether oxygens (including phenoxy) is 3. The lowest BCUT2D eigenvalue weighted by atomic mass is 9.40. The van der Waals surface area contributed by atoms with Crippen molar-refractivity contribution in [1.29, 1.82) is 0 Å². The molecule has 13 atom stereocenters. The molecule has 5 aliphatic rings. The van der Waals surface area contributed by atoms with Crippen molar-refractivity contribution in [2.45, 2.75) is 99.6 Å². The highest BCUT2D eigenvalue weighted by Gasteiger charge is 2.76. The van der Waals surface area contributed by atoms with Gasteiger partial charge in [0.05, 0.1) is 40.8 Å². The molecule has 286 valence electrons. The zero-order chi connectivity index (χ0) is 37.5. The van der Waals surface area contributed by atoms with Gasteiger partial charge in [-0.3, -0.25) is 19.2 Å². The molecule has 18 heteroatoms. The smallest absolute Gasteiger partial charge is 0.331 e. The Kier molecular flexibility index (Phi) is 11.8. The standard InChI is InChI=1S/C33H48N2O14S2/c1-30-10-22(49-26(40)14-51-12-20(35)29(43)44)27-18(33(30,46)7-5-17(30)21-2-3-24(38)48-21)4-6-31(45)9-16(8-23(37)32(27,31)15-36)47-25(39)13-50-11-19(34)28(41)42/h2-3,16-23,27,36-37,45-46H,4-15,34-35H2,1H3,(H,41,42)(H,43,44)/t16?,17?,18?,19?,20?,21?,22-,23?,27?,30?,31?,32?,33?/m1/s1. The van der Waals surface area contributed by atoms with Gasteiger partial charge in [0.15, 0.2) is 0 Å². The number of hydrogen-bond donors (Lipinski definition) is 8. The van der Waals surface area contributed by atoms with Gasteiger partial charge in [0.25, 0.3) is 0 Å². The van der Waals surface area contributed by atoms with E-state index in [0.29, 0.717) is 12.8 Å². The third-order valence-corrected chi connectivity index (χ3v) is 14.3. The Morgan fingerprint density at radius 3 is 2.10 bits per heavy atom. The highest BCUT2D eigenvalue weighted by molar-refractivity contribution is 8.00. The summed E-state index contributed by atoms with van der Waals surface area (Å²) in [6.07, 6.45) is -0.463. The predicted molar refractivity (Wildman–Crippen MR) is 181 cm³/mol. The molecule has 0 radical (unpaired) electrons. The van der Waals surface area contributed by atoms with Gasteiger partial charge in [0.2, 0.25) is 0 Å². The molecule has 4 aliphatic carbocycles. The number of nitrogens with two attached hydrogens (primary N) is 2. The minimum absolute atomic E-state index is 0.00697.